The van der Waals surface area contributed by atoms with Gasteiger partial charge in [0.15, 0.2) is 11.5 Å². The fraction of sp³-hybridized carbons (Fsp3) is 0.429. The number of Topliss-reactive ketones (excluding diaryl/α,β-unsaturated/α-hetero) is 1. The molecule has 0 radical (unpaired) electrons. The van der Waals surface area contributed by atoms with Crippen LogP contribution in [0, 0.1) is 6.92 Å². The predicted molar refractivity (Wildman–Crippen MR) is 138 cm³/mol. The summed E-state index contributed by atoms with van der Waals surface area (Å²) in [7, 11) is 1.56. The van der Waals surface area contributed by atoms with Crippen molar-refractivity contribution in [1.82, 2.24) is 9.80 Å². The number of phenols is 1. The van der Waals surface area contributed by atoms with Crippen molar-refractivity contribution in [2.45, 2.75) is 26.3 Å². The number of aryl methyl sites for hydroxylation is 1. The highest BCUT2D eigenvalue weighted by Gasteiger charge is 2.46. The molecule has 0 aliphatic carbocycles. The zero-order valence-corrected chi connectivity index (χ0v) is 21.5. The third kappa shape index (κ3) is 5.57. The van der Waals surface area contributed by atoms with Crippen molar-refractivity contribution in [1.29, 1.82) is 0 Å². The molecule has 2 aromatic carbocycles. The Bertz CT molecular complexity index is 1190. The topological polar surface area (TPSA) is 109 Å². The average Bonchev–Trinajstić information content (AvgIpc) is 3.15. The summed E-state index contributed by atoms with van der Waals surface area (Å²) in [5.41, 5.74) is 1.78. The number of carbonyl (C=O) groups excluding carboxylic acids is 2. The number of rotatable bonds is 9. The summed E-state index contributed by atoms with van der Waals surface area (Å²) in [4.78, 5) is 30.4. The van der Waals surface area contributed by atoms with Crippen molar-refractivity contribution in [3.8, 4) is 17.2 Å². The lowest BCUT2D eigenvalue weighted by Gasteiger charge is -2.29. The Hall–Kier alpha value is -3.56. The quantitative estimate of drug-likeness (QED) is 0.301. The Kier molecular flexibility index (Phi) is 8.35. The molecule has 2 aromatic rings. The van der Waals surface area contributed by atoms with Gasteiger partial charge in [-0.1, -0.05) is 6.07 Å². The van der Waals surface area contributed by atoms with Crippen molar-refractivity contribution in [3.05, 3.63) is 58.7 Å². The van der Waals surface area contributed by atoms with E-state index in [4.69, 9.17) is 14.2 Å². The fourth-order valence-electron chi connectivity index (χ4n) is 4.90. The SMILES string of the molecule is CCOc1cc([C@H]2/C(=C(\O)c3ccc(OC)c(C)c3)C(=O)C(=O)N2CCCN2CCOCC2)ccc1O. The van der Waals surface area contributed by atoms with Gasteiger partial charge >= 0.3 is 0 Å². The molecule has 2 N–H and O–H groups in total. The van der Waals surface area contributed by atoms with Crippen LogP contribution >= 0.6 is 0 Å². The minimum Gasteiger partial charge on any atom is -0.507 e. The van der Waals surface area contributed by atoms with Crippen molar-refractivity contribution < 1.29 is 34.0 Å². The number of aliphatic hydroxyl groups is 1. The Balaban J connectivity index is 1.73. The number of aromatic hydroxyl groups is 1. The molecule has 9 heteroatoms. The number of likely N-dealkylation sites (tertiary alicyclic amines) is 1. The molecule has 2 aliphatic rings. The second-order valence-electron chi connectivity index (χ2n) is 9.14. The van der Waals surface area contributed by atoms with E-state index in [1.165, 1.54) is 11.0 Å². The van der Waals surface area contributed by atoms with Gasteiger partial charge in [-0.2, -0.15) is 0 Å². The molecule has 9 nitrogen and oxygen atoms in total. The molecule has 2 fully saturated rings. The summed E-state index contributed by atoms with van der Waals surface area (Å²) >= 11 is 0. The summed E-state index contributed by atoms with van der Waals surface area (Å²) in [5, 5.41) is 21.6. The van der Waals surface area contributed by atoms with Gasteiger partial charge in [-0.05, 0) is 61.7 Å². The van der Waals surface area contributed by atoms with E-state index in [0.717, 1.165) is 25.2 Å². The van der Waals surface area contributed by atoms with Crippen molar-refractivity contribution >= 4 is 17.4 Å². The van der Waals surface area contributed by atoms with Gasteiger partial charge in [-0.25, -0.2) is 0 Å². The third-order valence-corrected chi connectivity index (χ3v) is 6.78. The summed E-state index contributed by atoms with van der Waals surface area (Å²) in [6, 6.07) is 9.02. The molecule has 1 amide bonds. The summed E-state index contributed by atoms with van der Waals surface area (Å²) < 4.78 is 16.3. The van der Waals surface area contributed by atoms with Crippen molar-refractivity contribution in [2.75, 3.05) is 53.1 Å². The van der Waals surface area contributed by atoms with Gasteiger partial charge in [0.25, 0.3) is 11.7 Å². The molecule has 198 valence electrons. The normalized spacial score (nSPS) is 19.9. The highest BCUT2D eigenvalue weighted by Crippen LogP contribution is 2.42. The van der Waals surface area contributed by atoms with Crippen LogP contribution in [0.25, 0.3) is 5.76 Å². The lowest BCUT2D eigenvalue weighted by atomic mass is 9.94. The van der Waals surface area contributed by atoms with Crippen LogP contribution in [-0.4, -0.2) is 84.8 Å². The predicted octanol–water partition coefficient (Wildman–Crippen LogP) is 3.25. The van der Waals surface area contributed by atoms with Gasteiger partial charge in [0.05, 0.1) is 38.5 Å². The monoisotopic (exact) mass is 510 g/mol. The molecule has 0 saturated carbocycles. The maximum Gasteiger partial charge on any atom is 0.295 e. The number of morpholine rings is 1. The van der Waals surface area contributed by atoms with Gasteiger partial charge < -0.3 is 29.3 Å². The number of aliphatic hydroxyl groups excluding tert-OH is 1. The number of methoxy groups -OCH3 is 1. The minimum atomic E-state index is -0.827. The summed E-state index contributed by atoms with van der Waals surface area (Å²) in [6.45, 7) is 8.08. The molecule has 1 atom stereocenters. The molecule has 2 saturated heterocycles. The second kappa shape index (κ2) is 11.7. The number of ketones is 1. The van der Waals surface area contributed by atoms with Gasteiger partial charge in [-0.15, -0.1) is 0 Å². The smallest absolute Gasteiger partial charge is 0.295 e. The molecule has 4 rings (SSSR count). The van der Waals surface area contributed by atoms with Crippen LogP contribution in [0.5, 0.6) is 17.2 Å². The number of hydrogen-bond acceptors (Lipinski definition) is 8. The number of benzene rings is 2. The number of amides is 1. The highest BCUT2D eigenvalue weighted by molar-refractivity contribution is 6.46. The van der Waals surface area contributed by atoms with E-state index < -0.39 is 17.7 Å². The van der Waals surface area contributed by atoms with Crippen LogP contribution in [0.1, 0.15) is 36.1 Å². The lowest BCUT2D eigenvalue weighted by Crippen LogP contribution is -2.38. The average molecular weight is 511 g/mol. The lowest BCUT2D eigenvalue weighted by molar-refractivity contribution is -0.140. The van der Waals surface area contributed by atoms with Gasteiger partial charge in [0.2, 0.25) is 0 Å². The van der Waals surface area contributed by atoms with E-state index in [1.807, 2.05) is 6.92 Å². The molecule has 0 aromatic heterocycles. The first-order valence-electron chi connectivity index (χ1n) is 12.5. The Morgan fingerprint density at radius 2 is 1.84 bits per heavy atom. The van der Waals surface area contributed by atoms with Crippen LogP contribution in [0.4, 0.5) is 0 Å². The minimum absolute atomic E-state index is 0.00841. The Morgan fingerprint density at radius 3 is 2.51 bits per heavy atom. The fourth-order valence-corrected chi connectivity index (χ4v) is 4.90. The van der Waals surface area contributed by atoms with Gasteiger partial charge in [0, 0.05) is 31.7 Å². The third-order valence-electron chi connectivity index (χ3n) is 6.78. The molecule has 2 heterocycles. The molecule has 0 bridgehead atoms. The number of nitrogens with zero attached hydrogens (tertiary/aromatic N) is 2. The van der Waals surface area contributed by atoms with Crippen molar-refractivity contribution in [2.24, 2.45) is 0 Å². The summed E-state index contributed by atoms with van der Waals surface area (Å²) in [5.74, 6) is -0.801. The summed E-state index contributed by atoms with van der Waals surface area (Å²) in [6.07, 6.45) is 0.654. The van der Waals surface area contributed by atoms with Crippen LogP contribution < -0.4 is 9.47 Å². The Labute approximate surface area is 216 Å². The van der Waals surface area contributed by atoms with Crippen LogP contribution in [0.2, 0.25) is 0 Å². The first-order valence-corrected chi connectivity index (χ1v) is 12.5. The first-order chi connectivity index (χ1) is 17.8. The molecule has 37 heavy (non-hydrogen) atoms. The highest BCUT2D eigenvalue weighted by atomic mass is 16.5. The zero-order valence-electron chi connectivity index (χ0n) is 21.5. The molecular formula is C28H34N2O7. The molecular weight excluding hydrogens is 476 g/mol. The number of hydrogen-bond donors (Lipinski definition) is 2. The van der Waals surface area contributed by atoms with E-state index in [2.05, 4.69) is 4.90 Å². The van der Waals surface area contributed by atoms with E-state index in [9.17, 15) is 19.8 Å². The second-order valence-corrected chi connectivity index (χ2v) is 9.14. The van der Waals surface area contributed by atoms with Crippen molar-refractivity contribution in [3.63, 3.8) is 0 Å². The van der Waals surface area contributed by atoms with Crippen LogP contribution in [-0.2, 0) is 14.3 Å². The van der Waals surface area contributed by atoms with E-state index in [-0.39, 0.29) is 22.8 Å². The molecule has 2 aliphatic heterocycles. The Morgan fingerprint density at radius 1 is 1.08 bits per heavy atom. The maximum atomic E-state index is 13.3. The van der Waals surface area contributed by atoms with E-state index >= 15 is 0 Å². The standard InChI is InChI=1S/C28H34N2O7/c1-4-37-23-17-19(6-8-21(23)31)25-24(26(32)20-7-9-22(35-3)18(2)16-20)27(33)28(34)30(25)11-5-10-29-12-14-36-15-13-29/h6-9,16-17,25,31-32H,4-5,10-15H2,1-3H3/b26-24+/t25-/m0/s1. The van der Waals surface area contributed by atoms with Gasteiger partial charge in [0.1, 0.15) is 11.5 Å². The van der Waals surface area contributed by atoms with E-state index in [0.29, 0.717) is 49.7 Å². The van der Waals surface area contributed by atoms with E-state index in [1.54, 1.807) is 44.4 Å². The first kappa shape index (κ1) is 26.5. The molecule has 0 unspecified atom stereocenters. The van der Waals surface area contributed by atoms with Gasteiger partial charge in [-0.3, -0.25) is 14.5 Å². The van der Waals surface area contributed by atoms with Crippen LogP contribution in [0.15, 0.2) is 42.0 Å². The number of ether oxygens (including phenoxy) is 3. The zero-order chi connectivity index (χ0) is 26.5. The maximum absolute atomic E-state index is 13.3. The number of carbonyl (C=O) groups is 2. The molecule has 0 spiro atoms. The largest absolute Gasteiger partial charge is 0.507 e. The van der Waals surface area contributed by atoms with Crippen LogP contribution in [0.3, 0.4) is 0 Å². The number of phenolic OH excluding ortho intramolecular Hbond substituents is 1.